The van der Waals surface area contributed by atoms with Crippen molar-refractivity contribution in [3.63, 3.8) is 0 Å². The molecule has 0 unspecified atom stereocenters. The number of likely N-dealkylation sites (tertiary alicyclic amines) is 1. The Balaban J connectivity index is 1.70. The summed E-state index contributed by atoms with van der Waals surface area (Å²) in [6.45, 7) is 1.57. The Morgan fingerprint density at radius 3 is 3.05 bits per heavy atom. The van der Waals surface area contributed by atoms with Crippen LogP contribution in [0.25, 0.3) is 0 Å². The van der Waals surface area contributed by atoms with E-state index in [4.69, 9.17) is 5.73 Å². The van der Waals surface area contributed by atoms with Crippen LogP contribution in [0.2, 0.25) is 0 Å². The summed E-state index contributed by atoms with van der Waals surface area (Å²) in [6, 6.07) is 6.29. The summed E-state index contributed by atoms with van der Waals surface area (Å²) < 4.78 is 14.7. The Labute approximate surface area is 121 Å². The first-order chi connectivity index (χ1) is 10.1. The highest BCUT2D eigenvalue weighted by Gasteiger charge is 2.26. The molecular formula is C14H16FN5O. The maximum absolute atomic E-state index is 13.1. The van der Waals surface area contributed by atoms with E-state index in [0.717, 1.165) is 12.0 Å². The highest BCUT2D eigenvalue weighted by Crippen LogP contribution is 2.11. The molecule has 0 aliphatic carbocycles. The van der Waals surface area contributed by atoms with Crippen LogP contribution in [-0.2, 0) is 6.54 Å². The Morgan fingerprint density at radius 1 is 1.48 bits per heavy atom. The molecule has 7 heteroatoms. The van der Waals surface area contributed by atoms with Gasteiger partial charge in [-0.05, 0) is 24.1 Å². The maximum Gasteiger partial charge on any atom is 0.276 e. The molecule has 2 heterocycles. The van der Waals surface area contributed by atoms with Gasteiger partial charge in [-0.25, -0.2) is 9.07 Å². The van der Waals surface area contributed by atoms with Gasteiger partial charge in [0.15, 0.2) is 5.69 Å². The van der Waals surface area contributed by atoms with Gasteiger partial charge in [0.25, 0.3) is 5.91 Å². The SMILES string of the molecule is N[C@@H]1CCN(C(=O)c2cn(Cc3cccc(F)c3)nn2)C1. The van der Waals surface area contributed by atoms with Crippen LogP contribution < -0.4 is 5.73 Å². The van der Waals surface area contributed by atoms with E-state index in [1.165, 1.54) is 16.8 Å². The average molecular weight is 289 g/mol. The number of rotatable bonds is 3. The van der Waals surface area contributed by atoms with Gasteiger partial charge in [0.05, 0.1) is 12.7 Å². The molecule has 1 saturated heterocycles. The molecule has 1 aromatic heterocycles. The van der Waals surface area contributed by atoms with Gasteiger partial charge in [0.1, 0.15) is 5.82 Å². The summed E-state index contributed by atoms with van der Waals surface area (Å²) in [6.07, 6.45) is 2.39. The van der Waals surface area contributed by atoms with Crippen molar-refractivity contribution in [2.45, 2.75) is 19.0 Å². The number of nitrogens with zero attached hydrogens (tertiary/aromatic N) is 4. The number of amides is 1. The monoisotopic (exact) mass is 289 g/mol. The first-order valence-corrected chi connectivity index (χ1v) is 6.81. The minimum atomic E-state index is -0.296. The summed E-state index contributed by atoms with van der Waals surface area (Å²) in [5, 5.41) is 7.81. The molecule has 6 nitrogen and oxygen atoms in total. The molecule has 1 aliphatic rings. The van der Waals surface area contributed by atoms with Gasteiger partial charge in [0, 0.05) is 19.1 Å². The van der Waals surface area contributed by atoms with Crippen LogP contribution in [0, 0.1) is 5.82 Å². The third-order valence-electron chi connectivity index (χ3n) is 3.50. The van der Waals surface area contributed by atoms with E-state index >= 15 is 0 Å². The van der Waals surface area contributed by atoms with Crippen molar-refractivity contribution in [1.29, 1.82) is 0 Å². The van der Waals surface area contributed by atoms with E-state index in [9.17, 15) is 9.18 Å². The summed E-state index contributed by atoms with van der Waals surface area (Å²) in [5.41, 5.74) is 6.85. The first kappa shape index (κ1) is 13.7. The zero-order chi connectivity index (χ0) is 14.8. The van der Waals surface area contributed by atoms with Crippen molar-refractivity contribution in [3.05, 3.63) is 47.5 Å². The summed E-state index contributed by atoms with van der Waals surface area (Å²) >= 11 is 0. The average Bonchev–Trinajstić information content (AvgIpc) is 3.07. The van der Waals surface area contributed by atoms with Gasteiger partial charge in [-0.2, -0.15) is 0 Å². The second kappa shape index (κ2) is 5.61. The molecule has 1 amide bonds. The van der Waals surface area contributed by atoms with Crippen LogP contribution in [0.5, 0.6) is 0 Å². The molecule has 1 aliphatic heterocycles. The number of carbonyl (C=O) groups is 1. The molecule has 0 bridgehead atoms. The minimum Gasteiger partial charge on any atom is -0.336 e. The predicted molar refractivity (Wildman–Crippen MR) is 74.0 cm³/mol. The molecule has 1 aromatic carbocycles. The minimum absolute atomic E-state index is 0.0382. The molecule has 2 aromatic rings. The molecule has 1 atom stereocenters. The van der Waals surface area contributed by atoms with E-state index in [-0.39, 0.29) is 17.8 Å². The fourth-order valence-electron chi connectivity index (χ4n) is 2.43. The first-order valence-electron chi connectivity index (χ1n) is 6.81. The van der Waals surface area contributed by atoms with Crippen LogP contribution in [0.3, 0.4) is 0 Å². The van der Waals surface area contributed by atoms with E-state index in [1.54, 1.807) is 23.2 Å². The van der Waals surface area contributed by atoms with Gasteiger partial charge in [-0.1, -0.05) is 17.3 Å². The topological polar surface area (TPSA) is 77.0 Å². The van der Waals surface area contributed by atoms with E-state index in [0.29, 0.717) is 25.3 Å². The molecule has 21 heavy (non-hydrogen) atoms. The number of nitrogens with two attached hydrogens (primary N) is 1. The van der Waals surface area contributed by atoms with Crippen LogP contribution in [0.4, 0.5) is 4.39 Å². The second-order valence-electron chi connectivity index (χ2n) is 5.23. The molecular weight excluding hydrogens is 273 g/mol. The van der Waals surface area contributed by atoms with Gasteiger partial charge in [0.2, 0.25) is 0 Å². The lowest BCUT2D eigenvalue weighted by molar-refractivity contribution is 0.0785. The Bertz CT molecular complexity index is 656. The Kier molecular flexibility index (Phi) is 3.66. The van der Waals surface area contributed by atoms with Gasteiger partial charge in [-0.15, -0.1) is 5.10 Å². The zero-order valence-corrected chi connectivity index (χ0v) is 11.4. The normalized spacial score (nSPS) is 18.2. The largest absolute Gasteiger partial charge is 0.336 e. The van der Waals surface area contributed by atoms with Crippen molar-refractivity contribution in [2.24, 2.45) is 5.73 Å². The second-order valence-corrected chi connectivity index (χ2v) is 5.23. The van der Waals surface area contributed by atoms with Crippen LogP contribution in [0.15, 0.2) is 30.5 Å². The Hall–Kier alpha value is -2.28. The number of carbonyl (C=O) groups excluding carboxylic acids is 1. The van der Waals surface area contributed by atoms with Crippen LogP contribution >= 0.6 is 0 Å². The fraction of sp³-hybridized carbons (Fsp3) is 0.357. The summed E-state index contributed by atoms with van der Waals surface area (Å²) in [7, 11) is 0. The number of benzene rings is 1. The van der Waals surface area contributed by atoms with Gasteiger partial charge < -0.3 is 10.6 Å². The quantitative estimate of drug-likeness (QED) is 0.899. The van der Waals surface area contributed by atoms with Crippen molar-refractivity contribution in [2.75, 3.05) is 13.1 Å². The van der Waals surface area contributed by atoms with Crippen LogP contribution in [-0.4, -0.2) is 44.9 Å². The number of halogens is 1. The van der Waals surface area contributed by atoms with Crippen LogP contribution in [0.1, 0.15) is 22.5 Å². The van der Waals surface area contributed by atoms with Gasteiger partial charge >= 0.3 is 0 Å². The number of aromatic nitrogens is 3. The molecule has 0 radical (unpaired) electrons. The molecule has 2 N–H and O–H groups in total. The van der Waals surface area contributed by atoms with Crippen molar-refractivity contribution >= 4 is 5.91 Å². The third-order valence-corrected chi connectivity index (χ3v) is 3.50. The molecule has 0 saturated carbocycles. The number of hydrogen-bond acceptors (Lipinski definition) is 4. The summed E-state index contributed by atoms with van der Waals surface area (Å²) in [4.78, 5) is 13.9. The Morgan fingerprint density at radius 2 is 2.33 bits per heavy atom. The zero-order valence-electron chi connectivity index (χ0n) is 11.4. The van der Waals surface area contributed by atoms with Crippen molar-refractivity contribution in [1.82, 2.24) is 19.9 Å². The standard InChI is InChI=1S/C14H16FN5O/c15-11-3-1-2-10(6-11)7-20-9-13(17-18-20)14(21)19-5-4-12(16)8-19/h1-3,6,9,12H,4-5,7-8,16H2/t12-/m1/s1. The van der Waals surface area contributed by atoms with E-state index < -0.39 is 0 Å². The highest BCUT2D eigenvalue weighted by molar-refractivity contribution is 5.92. The van der Waals surface area contributed by atoms with Crippen molar-refractivity contribution in [3.8, 4) is 0 Å². The van der Waals surface area contributed by atoms with E-state index in [2.05, 4.69) is 10.3 Å². The predicted octanol–water partition coefficient (Wildman–Crippen LogP) is 0.639. The lowest BCUT2D eigenvalue weighted by atomic mass is 10.2. The molecule has 1 fully saturated rings. The molecule has 3 rings (SSSR count). The molecule has 0 spiro atoms. The third kappa shape index (κ3) is 3.08. The van der Waals surface area contributed by atoms with Gasteiger partial charge in [-0.3, -0.25) is 4.79 Å². The van der Waals surface area contributed by atoms with Crippen molar-refractivity contribution < 1.29 is 9.18 Å². The fourth-order valence-corrected chi connectivity index (χ4v) is 2.43. The lowest BCUT2D eigenvalue weighted by Gasteiger charge is -2.13. The molecule has 110 valence electrons. The highest BCUT2D eigenvalue weighted by atomic mass is 19.1. The maximum atomic E-state index is 13.1. The number of hydrogen-bond donors (Lipinski definition) is 1. The lowest BCUT2D eigenvalue weighted by Crippen LogP contribution is -2.32. The summed E-state index contributed by atoms with van der Waals surface area (Å²) in [5.74, 6) is -0.455. The smallest absolute Gasteiger partial charge is 0.276 e. The van der Waals surface area contributed by atoms with E-state index in [1.807, 2.05) is 0 Å².